The minimum absolute atomic E-state index is 0.0242. The van der Waals surface area contributed by atoms with Gasteiger partial charge in [-0.2, -0.15) is 0 Å². The molecule has 0 fully saturated rings. The monoisotopic (exact) mass is 477 g/mol. The Labute approximate surface area is 202 Å². The van der Waals surface area contributed by atoms with Gasteiger partial charge in [-0.25, -0.2) is 4.98 Å². The lowest BCUT2D eigenvalue weighted by atomic mass is 10.1. The molecule has 0 aliphatic carbocycles. The first kappa shape index (κ1) is 23.8. The summed E-state index contributed by atoms with van der Waals surface area (Å²) in [5.41, 5.74) is 1.47. The molecule has 3 aromatic carbocycles. The van der Waals surface area contributed by atoms with E-state index in [4.69, 9.17) is 4.74 Å². The number of aromatic nitrogens is 2. The summed E-state index contributed by atoms with van der Waals surface area (Å²) in [6.07, 6.45) is 0.440. The van der Waals surface area contributed by atoms with Crippen molar-refractivity contribution in [2.24, 2.45) is 0 Å². The van der Waals surface area contributed by atoms with Gasteiger partial charge in [-0.3, -0.25) is 14.2 Å². The fourth-order valence-electron chi connectivity index (χ4n) is 3.78. The molecule has 0 saturated heterocycles. The Morgan fingerprint density at radius 2 is 1.88 bits per heavy atom. The number of aliphatic hydroxyl groups excluding tert-OH is 1. The second kappa shape index (κ2) is 10.7. The van der Waals surface area contributed by atoms with Gasteiger partial charge in [0.1, 0.15) is 5.75 Å². The molecule has 4 rings (SSSR count). The summed E-state index contributed by atoms with van der Waals surface area (Å²) < 4.78 is 6.83. The van der Waals surface area contributed by atoms with Gasteiger partial charge in [-0.15, -0.1) is 0 Å². The SMILES string of the molecule is COc1ccc2cc(CN(C)C(=O)CSc3nc4ccccc4c(=O)n3CCCO)ccc2c1. The summed E-state index contributed by atoms with van der Waals surface area (Å²) in [6.45, 7) is 0.800. The summed E-state index contributed by atoms with van der Waals surface area (Å²) in [5, 5.41) is 12.4. The number of hydrogen-bond acceptors (Lipinski definition) is 6. The molecule has 34 heavy (non-hydrogen) atoms. The number of fused-ring (bicyclic) bond motifs is 2. The zero-order valence-electron chi connectivity index (χ0n) is 19.2. The quantitative estimate of drug-likeness (QED) is 0.292. The molecule has 0 atom stereocenters. The topological polar surface area (TPSA) is 84.7 Å². The molecule has 4 aromatic rings. The van der Waals surface area contributed by atoms with Crippen molar-refractivity contribution in [2.45, 2.75) is 24.7 Å². The van der Waals surface area contributed by atoms with Crippen molar-refractivity contribution in [3.63, 3.8) is 0 Å². The third-order valence-corrected chi connectivity index (χ3v) is 6.61. The maximum atomic E-state index is 12.9. The molecule has 0 unspecified atom stereocenters. The minimum Gasteiger partial charge on any atom is -0.497 e. The molecular weight excluding hydrogens is 450 g/mol. The molecule has 0 aliphatic rings. The molecular formula is C26H27N3O4S. The lowest BCUT2D eigenvalue weighted by Gasteiger charge is -2.18. The summed E-state index contributed by atoms with van der Waals surface area (Å²) in [7, 11) is 3.42. The predicted molar refractivity (Wildman–Crippen MR) is 135 cm³/mol. The zero-order chi connectivity index (χ0) is 24.1. The smallest absolute Gasteiger partial charge is 0.262 e. The highest BCUT2D eigenvalue weighted by molar-refractivity contribution is 7.99. The van der Waals surface area contributed by atoms with E-state index in [1.807, 2.05) is 36.4 Å². The highest BCUT2D eigenvalue weighted by Gasteiger charge is 2.15. The van der Waals surface area contributed by atoms with Gasteiger partial charge in [-0.1, -0.05) is 42.1 Å². The molecule has 1 N–H and O–H groups in total. The van der Waals surface area contributed by atoms with Crippen LogP contribution in [0.1, 0.15) is 12.0 Å². The van der Waals surface area contributed by atoms with Gasteiger partial charge in [0.2, 0.25) is 5.91 Å². The Kier molecular flexibility index (Phi) is 7.49. The molecule has 7 nitrogen and oxygen atoms in total. The van der Waals surface area contributed by atoms with Crippen LogP contribution in [0.25, 0.3) is 21.7 Å². The number of carbonyl (C=O) groups excluding carboxylic acids is 1. The van der Waals surface area contributed by atoms with E-state index in [9.17, 15) is 14.7 Å². The molecule has 176 valence electrons. The van der Waals surface area contributed by atoms with Crippen LogP contribution in [0.5, 0.6) is 5.75 Å². The number of benzene rings is 3. The Morgan fingerprint density at radius 3 is 2.68 bits per heavy atom. The predicted octanol–water partition coefficient (Wildman–Crippen LogP) is 3.69. The Bertz CT molecular complexity index is 1390. The van der Waals surface area contributed by atoms with Crippen molar-refractivity contribution < 1.29 is 14.6 Å². The zero-order valence-corrected chi connectivity index (χ0v) is 20.0. The average molecular weight is 478 g/mol. The first-order valence-corrected chi connectivity index (χ1v) is 12.0. The van der Waals surface area contributed by atoms with Crippen LogP contribution in [0.15, 0.2) is 70.6 Å². The molecule has 0 saturated carbocycles. The highest BCUT2D eigenvalue weighted by Crippen LogP contribution is 2.23. The second-order valence-corrected chi connectivity index (χ2v) is 8.97. The van der Waals surface area contributed by atoms with Crippen molar-refractivity contribution in [3.8, 4) is 5.75 Å². The Hall–Kier alpha value is -3.36. The van der Waals surface area contributed by atoms with Crippen molar-refractivity contribution in [2.75, 3.05) is 26.5 Å². The molecule has 1 heterocycles. The lowest BCUT2D eigenvalue weighted by molar-refractivity contribution is -0.127. The molecule has 0 aliphatic heterocycles. The van der Waals surface area contributed by atoms with Crippen LogP contribution < -0.4 is 10.3 Å². The fourth-order valence-corrected chi connectivity index (χ4v) is 4.75. The van der Waals surface area contributed by atoms with Gasteiger partial charge < -0.3 is 14.7 Å². The Morgan fingerprint density at radius 1 is 1.12 bits per heavy atom. The number of hydrogen-bond donors (Lipinski definition) is 1. The standard InChI is InChI=1S/C26H27N3O4S/c1-28(16-18-8-9-20-15-21(33-2)11-10-19(20)14-18)24(31)17-34-26-27-23-7-4-3-6-22(23)25(32)29(26)12-5-13-30/h3-4,6-11,14-15,30H,5,12-13,16-17H2,1-2H3. The van der Waals surface area contributed by atoms with Crippen LogP contribution in [0.3, 0.4) is 0 Å². The minimum atomic E-state index is -0.157. The van der Waals surface area contributed by atoms with E-state index in [0.717, 1.165) is 22.1 Å². The van der Waals surface area contributed by atoms with Crippen LogP contribution in [0.4, 0.5) is 0 Å². The van der Waals surface area contributed by atoms with E-state index >= 15 is 0 Å². The number of amides is 1. The molecule has 0 bridgehead atoms. The van der Waals surface area contributed by atoms with Gasteiger partial charge in [0.15, 0.2) is 5.16 Å². The van der Waals surface area contributed by atoms with Crippen LogP contribution >= 0.6 is 11.8 Å². The van der Waals surface area contributed by atoms with E-state index in [0.29, 0.717) is 35.6 Å². The molecule has 1 amide bonds. The number of methoxy groups -OCH3 is 1. The van der Waals surface area contributed by atoms with Crippen molar-refractivity contribution in [1.29, 1.82) is 0 Å². The molecule has 8 heteroatoms. The average Bonchev–Trinajstić information content (AvgIpc) is 2.86. The van der Waals surface area contributed by atoms with Gasteiger partial charge in [0, 0.05) is 26.7 Å². The highest BCUT2D eigenvalue weighted by atomic mass is 32.2. The lowest BCUT2D eigenvalue weighted by Crippen LogP contribution is -2.29. The number of carbonyl (C=O) groups is 1. The van der Waals surface area contributed by atoms with Crippen molar-refractivity contribution in [3.05, 3.63) is 76.6 Å². The van der Waals surface area contributed by atoms with Gasteiger partial charge >= 0.3 is 0 Å². The van der Waals surface area contributed by atoms with Crippen LogP contribution in [0.2, 0.25) is 0 Å². The molecule has 1 aromatic heterocycles. The molecule has 0 spiro atoms. The van der Waals surface area contributed by atoms with Crippen LogP contribution in [-0.4, -0.2) is 52.0 Å². The van der Waals surface area contributed by atoms with Crippen molar-refractivity contribution >= 4 is 39.3 Å². The second-order valence-electron chi connectivity index (χ2n) is 8.03. The first-order chi connectivity index (χ1) is 16.5. The summed E-state index contributed by atoms with van der Waals surface area (Å²) in [5.74, 6) is 0.908. The maximum Gasteiger partial charge on any atom is 0.262 e. The number of nitrogens with zero attached hydrogens (tertiary/aromatic N) is 3. The third-order valence-electron chi connectivity index (χ3n) is 5.65. The normalized spacial score (nSPS) is 11.1. The van der Waals surface area contributed by atoms with E-state index < -0.39 is 0 Å². The van der Waals surface area contributed by atoms with Crippen LogP contribution in [-0.2, 0) is 17.9 Å². The van der Waals surface area contributed by atoms with E-state index in [2.05, 4.69) is 11.1 Å². The first-order valence-electron chi connectivity index (χ1n) is 11.0. The summed E-state index contributed by atoms with van der Waals surface area (Å²) in [4.78, 5) is 32.1. The summed E-state index contributed by atoms with van der Waals surface area (Å²) in [6, 6.07) is 19.2. The third kappa shape index (κ3) is 5.24. The van der Waals surface area contributed by atoms with Gasteiger partial charge in [0.25, 0.3) is 5.56 Å². The fraction of sp³-hybridized carbons (Fsp3) is 0.269. The largest absolute Gasteiger partial charge is 0.497 e. The summed E-state index contributed by atoms with van der Waals surface area (Å²) >= 11 is 1.25. The van der Waals surface area contributed by atoms with Crippen LogP contribution in [0, 0.1) is 0 Å². The maximum absolute atomic E-state index is 12.9. The van der Waals surface area contributed by atoms with Gasteiger partial charge in [0.05, 0.1) is 23.8 Å². The molecule has 0 radical (unpaired) electrons. The van der Waals surface area contributed by atoms with E-state index in [-0.39, 0.29) is 23.8 Å². The van der Waals surface area contributed by atoms with Crippen molar-refractivity contribution in [1.82, 2.24) is 14.5 Å². The van der Waals surface area contributed by atoms with E-state index in [1.54, 1.807) is 41.8 Å². The number of ether oxygens (including phenoxy) is 1. The number of para-hydroxylation sites is 1. The number of thioether (sulfide) groups is 1. The number of rotatable bonds is 9. The van der Waals surface area contributed by atoms with E-state index in [1.165, 1.54) is 11.8 Å². The number of aliphatic hydroxyl groups is 1. The Balaban J connectivity index is 1.47. The van der Waals surface area contributed by atoms with Gasteiger partial charge in [-0.05, 0) is 53.1 Å².